The van der Waals surface area contributed by atoms with E-state index in [2.05, 4.69) is 18.9 Å². The summed E-state index contributed by atoms with van der Waals surface area (Å²) in [7, 11) is 2.07. The van der Waals surface area contributed by atoms with E-state index in [-0.39, 0.29) is 5.97 Å². The molecule has 2 unspecified atom stereocenters. The average Bonchev–Trinajstić information content (AvgIpc) is 2.46. The van der Waals surface area contributed by atoms with E-state index in [0.717, 1.165) is 11.6 Å². The molecule has 21 heavy (non-hydrogen) atoms. The third-order valence-corrected chi connectivity index (χ3v) is 4.35. The van der Waals surface area contributed by atoms with Crippen molar-refractivity contribution in [2.24, 2.45) is 5.92 Å². The lowest BCUT2D eigenvalue weighted by atomic mass is 9.86. The fourth-order valence-corrected chi connectivity index (χ4v) is 3.18. The largest absolute Gasteiger partial charge is 0.462 e. The van der Waals surface area contributed by atoms with E-state index in [1.807, 2.05) is 19.1 Å². The number of ether oxygens (including phenoxy) is 1. The molecule has 0 aliphatic heterocycles. The molecule has 2 N–H and O–H groups in total. The summed E-state index contributed by atoms with van der Waals surface area (Å²) >= 11 is 0. The number of hydrogen-bond acceptors (Lipinski definition) is 4. The number of nitrogen functional groups attached to an aromatic ring is 1. The van der Waals surface area contributed by atoms with E-state index in [9.17, 15) is 4.79 Å². The van der Waals surface area contributed by atoms with Crippen molar-refractivity contribution in [3.63, 3.8) is 0 Å². The molecule has 0 radical (unpaired) electrons. The van der Waals surface area contributed by atoms with Crippen LogP contribution in [-0.2, 0) is 4.74 Å². The van der Waals surface area contributed by atoms with Gasteiger partial charge in [-0.2, -0.15) is 0 Å². The summed E-state index contributed by atoms with van der Waals surface area (Å²) in [5.74, 6) is 0.446. The first-order valence-corrected chi connectivity index (χ1v) is 7.82. The zero-order chi connectivity index (χ0) is 15.4. The molecule has 1 aliphatic rings. The van der Waals surface area contributed by atoms with Gasteiger partial charge in [0.05, 0.1) is 17.9 Å². The molecule has 1 aromatic rings. The van der Waals surface area contributed by atoms with Crippen LogP contribution in [0.2, 0.25) is 0 Å². The van der Waals surface area contributed by atoms with Crippen LogP contribution in [0.15, 0.2) is 18.2 Å². The minimum atomic E-state index is -0.296. The van der Waals surface area contributed by atoms with Gasteiger partial charge in [-0.05, 0) is 43.9 Å². The molecule has 1 fully saturated rings. The van der Waals surface area contributed by atoms with Crippen LogP contribution >= 0.6 is 0 Å². The Balaban J connectivity index is 2.27. The predicted octanol–water partition coefficient (Wildman–Crippen LogP) is 3.46. The number of nitrogens with zero attached hydrogens (tertiary/aromatic N) is 1. The SMILES string of the molecule is CCOC(=O)c1cc(N)ccc1N(C)C1CCCC(C)C1. The van der Waals surface area contributed by atoms with Gasteiger partial charge in [0.25, 0.3) is 0 Å². The highest BCUT2D eigenvalue weighted by Gasteiger charge is 2.25. The molecule has 0 spiro atoms. The first-order chi connectivity index (χ1) is 10.0. The lowest BCUT2D eigenvalue weighted by Crippen LogP contribution is -2.36. The van der Waals surface area contributed by atoms with Crippen LogP contribution in [0.4, 0.5) is 11.4 Å². The zero-order valence-electron chi connectivity index (χ0n) is 13.3. The molecule has 0 saturated heterocycles. The third kappa shape index (κ3) is 3.69. The molecular formula is C17H26N2O2. The maximum absolute atomic E-state index is 12.2. The second kappa shape index (κ2) is 6.83. The smallest absolute Gasteiger partial charge is 0.340 e. The Morgan fingerprint density at radius 1 is 1.43 bits per heavy atom. The summed E-state index contributed by atoms with van der Waals surface area (Å²) in [6.07, 6.45) is 4.90. The Kier molecular flexibility index (Phi) is 5.10. The molecule has 2 rings (SSSR count). The van der Waals surface area contributed by atoms with Crippen molar-refractivity contribution in [3.05, 3.63) is 23.8 Å². The predicted molar refractivity (Wildman–Crippen MR) is 86.6 cm³/mol. The summed E-state index contributed by atoms with van der Waals surface area (Å²) in [4.78, 5) is 14.4. The van der Waals surface area contributed by atoms with Crippen molar-refractivity contribution in [2.45, 2.75) is 45.6 Å². The van der Waals surface area contributed by atoms with Gasteiger partial charge in [0.1, 0.15) is 0 Å². The van der Waals surface area contributed by atoms with E-state index in [1.165, 1.54) is 25.7 Å². The summed E-state index contributed by atoms with van der Waals surface area (Å²) in [6, 6.07) is 5.98. The normalized spacial score (nSPS) is 21.9. The molecule has 116 valence electrons. The van der Waals surface area contributed by atoms with Gasteiger partial charge >= 0.3 is 5.97 Å². The van der Waals surface area contributed by atoms with Gasteiger partial charge in [-0.25, -0.2) is 4.79 Å². The van der Waals surface area contributed by atoms with E-state index >= 15 is 0 Å². The Bertz CT molecular complexity index is 502. The van der Waals surface area contributed by atoms with E-state index in [4.69, 9.17) is 10.5 Å². The molecule has 4 nitrogen and oxygen atoms in total. The van der Waals surface area contributed by atoms with Crippen molar-refractivity contribution >= 4 is 17.3 Å². The van der Waals surface area contributed by atoms with Gasteiger partial charge in [-0.3, -0.25) is 0 Å². The van der Waals surface area contributed by atoms with Crippen LogP contribution in [0.3, 0.4) is 0 Å². The minimum absolute atomic E-state index is 0.296. The molecular weight excluding hydrogens is 264 g/mol. The first kappa shape index (κ1) is 15.7. The molecule has 1 aliphatic carbocycles. The highest BCUT2D eigenvalue weighted by molar-refractivity contribution is 5.97. The third-order valence-electron chi connectivity index (χ3n) is 4.35. The highest BCUT2D eigenvalue weighted by Crippen LogP contribution is 2.32. The van der Waals surface area contributed by atoms with Crippen molar-refractivity contribution in [3.8, 4) is 0 Å². The van der Waals surface area contributed by atoms with Gasteiger partial charge < -0.3 is 15.4 Å². The zero-order valence-corrected chi connectivity index (χ0v) is 13.3. The van der Waals surface area contributed by atoms with Crippen molar-refractivity contribution in [1.29, 1.82) is 0 Å². The van der Waals surface area contributed by atoms with Gasteiger partial charge in [-0.1, -0.05) is 19.8 Å². The second-order valence-electron chi connectivity index (χ2n) is 6.03. The summed E-state index contributed by atoms with van der Waals surface area (Å²) in [5, 5.41) is 0. The number of nitrogens with two attached hydrogens (primary N) is 1. The summed E-state index contributed by atoms with van der Waals surface area (Å²) in [6.45, 7) is 4.49. The van der Waals surface area contributed by atoms with Crippen LogP contribution in [0.1, 0.15) is 49.9 Å². The number of hydrogen-bond donors (Lipinski definition) is 1. The second-order valence-corrected chi connectivity index (χ2v) is 6.03. The molecule has 1 saturated carbocycles. The number of esters is 1. The number of benzene rings is 1. The van der Waals surface area contributed by atoms with Crippen LogP contribution in [0.25, 0.3) is 0 Å². The molecule has 0 aromatic heterocycles. The number of carbonyl (C=O) groups is 1. The summed E-state index contributed by atoms with van der Waals surface area (Å²) in [5.41, 5.74) is 7.91. The summed E-state index contributed by atoms with van der Waals surface area (Å²) < 4.78 is 5.16. The van der Waals surface area contributed by atoms with E-state index < -0.39 is 0 Å². The Morgan fingerprint density at radius 2 is 2.19 bits per heavy atom. The molecule has 0 amide bonds. The molecule has 0 heterocycles. The Labute approximate surface area is 127 Å². The quantitative estimate of drug-likeness (QED) is 0.681. The monoisotopic (exact) mass is 290 g/mol. The van der Waals surface area contributed by atoms with E-state index in [1.54, 1.807) is 6.07 Å². The fourth-order valence-electron chi connectivity index (χ4n) is 3.18. The molecule has 1 aromatic carbocycles. The maximum atomic E-state index is 12.2. The van der Waals surface area contributed by atoms with Gasteiger partial charge in [-0.15, -0.1) is 0 Å². The number of rotatable bonds is 4. The van der Waals surface area contributed by atoms with Crippen molar-refractivity contribution in [1.82, 2.24) is 0 Å². The van der Waals surface area contributed by atoms with Crippen molar-refractivity contribution < 1.29 is 9.53 Å². The fraction of sp³-hybridized carbons (Fsp3) is 0.588. The first-order valence-electron chi connectivity index (χ1n) is 7.82. The highest BCUT2D eigenvalue weighted by atomic mass is 16.5. The number of anilines is 2. The Morgan fingerprint density at radius 3 is 2.86 bits per heavy atom. The lowest BCUT2D eigenvalue weighted by Gasteiger charge is -2.36. The average molecular weight is 290 g/mol. The molecule has 0 bridgehead atoms. The van der Waals surface area contributed by atoms with Crippen LogP contribution < -0.4 is 10.6 Å². The van der Waals surface area contributed by atoms with E-state index in [0.29, 0.717) is 23.9 Å². The van der Waals surface area contributed by atoms with Gasteiger partial charge in [0, 0.05) is 18.8 Å². The minimum Gasteiger partial charge on any atom is -0.462 e. The number of carbonyl (C=O) groups excluding carboxylic acids is 1. The van der Waals surface area contributed by atoms with Gasteiger partial charge in [0.2, 0.25) is 0 Å². The molecule has 2 atom stereocenters. The molecule has 4 heteroatoms. The van der Waals surface area contributed by atoms with Gasteiger partial charge in [0.15, 0.2) is 0 Å². The topological polar surface area (TPSA) is 55.6 Å². The Hall–Kier alpha value is -1.71. The lowest BCUT2D eigenvalue weighted by molar-refractivity contribution is 0.0527. The van der Waals surface area contributed by atoms with Crippen LogP contribution in [-0.4, -0.2) is 25.7 Å². The standard InChI is InChI=1S/C17H26N2O2/c1-4-21-17(20)15-11-13(18)8-9-16(15)19(3)14-7-5-6-12(2)10-14/h8-9,11-12,14H,4-7,10,18H2,1-3H3. The maximum Gasteiger partial charge on any atom is 0.340 e. The van der Waals surface area contributed by atoms with Crippen LogP contribution in [0.5, 0.6) is 0 Å². The van der Waals surface area contributed by atoms with Crippen molar-refractivity contribution in [2.75, 3.05) is 24.3 Å². The van der Waals surface area contributed by atoms with Crippen LogP contribution in [0, 0.1) is 5.92 Å².